The lowest BCUT2D eigenvalue weighted by atomic mass is 9.97. The van der Waals surface area contributed by atoms with E-state index in [9.17, 15) is 9.59 Å². The van der Waals surface area contributed by atoms with Gasteiger partial charge in [-0.05, 0) is 44.0 Å². The predicted octanol–water partition coefficient (Wildman–Crippen LogP) is 1.52. The lowest BCUT2D eigenvalue weighted by Gasteiger charge is -2.32. The molecule has 20 heavy (non-hydrogen) atoms. The molecule has 1 aromatic carbocycles. The normalized spacial score (nSPS) is 20.5. The summed E-state index contributed by atoms with van der Waals surface area (Å²) in [6, 6.07) is 6.73. The highest BCUT2D eigenvalue weighted by atomic mass is 16.4. The lowest BCUT2D eigenvalue weighted by molar-refractivity contribution is -0.141. The Balaban J connectivity index is 2.10. The Morgan fingerprint density at radius 2 is 2.00 bits per heavy atom. The van der Waals surface area contributed by atoms with E-state index in [1.807, 2.05) is 12.1 Å². The second-order valence-electron chi connectivity index (χ2n) is 5.32. The maximum Gasteiger partial charge on any atom is 0.308 e. The molecular formula is C15H20N2O3. The number of carboxylic acids is 1. The first-order chi connectivity index (χ1) is 9.49. The monoisotopic (exact) mass is 276 g/mol. The topological polar surface area (TPSA) is 83.6 Å². The van der Waals surface area contributed by atoms with Gasteiger partial charge < -0.3 is 15.7 Å². The number of ketones is 1. The summed E-state index contributed by atoms with van der Waals surface area (Å²) in [5.41, 5.74) is 7.12. The van der Waals surface area contributed by atoms with Gasteiger partial charge in [0.2, 0.25) is 0 Å². The first-order valence-corrected chi connectivity index (χ1v) is 6.86. The van der Waals surface area contributed by atoms with Gasteiger partial charge in [0.25, 0.3) is 0 Å². The summed E-state index contributed by atoms with van der Waals surface area (Å²) in [6.45, 7) is 3.04. The summed E-state index contributed by atoms with van der Waals surface area (Å²) in [5.74, 6) is -1.13. The van der Waals surface area contributed by atoms with Gasteiger partial charge in [0.05, 0.1) is 12.0 Å². The number of benzene rings is 1. The highest BCUT2D eigenvalue weighted by Crippen LogP contribution is 2.23. The number of nitrogens with zero attached hydrogens (tertiary/aromatic N) is 1. The molecule has 1 heterocycles. The van der Waals surface area contributed by atoms with Crippen molar-refractivity contribution >= 4 is 17.4 Å². The van der Waals surface area contributed by atoms with Gasteiger partial charge in [-0.2, -0.15) is 0 Å². The molecule has 1 aliphatic rings. The van der Waals surface area contributed by atoms with Crippen molar-refractivity contribution in [2.24, 2.45) is 11.7 Å². The number of hydrogen-bond acceptors (Lipinski definition) is 4. The summed E-state index contributed by atoms with van der Waals surface area (Å²) in [4.78, 5) is 24.9. The Labute approximate surface area is 118 Å². The van der Waals surface area contributed by atoms with E-state index in [1.165, 1.54) is 0 Å². The number of rotatable bonds is 4. The molecule has 0 radical (unpaired) electrons. The average Bonchev–Trinajstić information content (AvgIpc) is 2.46. The fourth-order valence-electron chi connectivity index (χ4n) is 2.51. The quantitative estimate of drug-likeness (QED) is 0.815. The van der Waals surface area contributed by atoms with Crippen molar-refractivity contribution in [2.75, 3.05) is 18.0 Å². The first kappa shape index (κ1) is 14.5. The molecule has 1 aliphatic heterocycles. The van der Waals surface area contributed by atoms with E-state index in [0.717, 1.165) is 25.1 Å². The molecule has 1 aromatic rings. The Morgan fingerprint density at radius 1 is 1.35 bits per heavy atom. The summed E-state index contributed by atoms with van der Waals surface area (Å²) in [7, 11) is 0. The van der Waals surface area contributed by atoms with Crippen molar-refractivity contribution < 1.29 is 14.7 Å². The Morgan fingerprint density at radius 3 is 2.55 bits per heavy atom. The molecule has 0 amide bonds. The van der Waals surface area contributed by atoms with Gasteiger partial charge in [0.15, 0.2) is 5.78 Å². The molecule has 0 aromatic heterocycles. The van der Waals surface area contributed by atoms with E-state index in [0.29, 0.717) is 12.1 Å². The fraction of sp³-hybridized carbons (Fsp3) is 0.467. The van der Waals surface area contributed by atoms with Gasteiger partial charge in [0.1, 0.15) is 0 Å². The average molecular weight is 276 g/mol. The number of carbonyl (C=O) groups excluding carboxylic acids is 1. The number of nitrogens with two attached hydrogens (primary N) is 1. The molecule has 2 unspecified atom stereocenters. The molecule has 0 aliphatic carbocycles. The number of hydrogen-bond donors (Lipinski definition) is 2. The third-order valence-electron chi connectivity index (χ3n) is 3.70. The maximum absolute atomic E-state index is 11.8. The van der Waals surface area contributed by atoms with E-state index >= 15 is 0 Å². The molecule has 1 fully saturated rings. The fourth-order valence-corrected chi connectivity index (χ4v) is 2.51. The SMILES string of the molecule is CC(N)C(=O)c1ccc(N2CCCC(C(=O)O)C2)cc1. The molecule has 5 nitrogen and oxygen atoms in total. The van der Waals surface area contributed by atoms with E-state index in [1.54, 1.807) is 19.1 Å². The van der Waals surface area contributed by atoms with E-state index in [-0.39, 0.29) is 11.7 Å². The van der Waals surface area contributed by atoms with Crippen molar-refractivity contribution in [3.05, 3.63) is 29.8 Å². The smallest absolute Gasteiger partial charge is 0.308 e. The number of piperidine rings is 1. The minimum atomic E-state index is -0.738. The number of carbonyl (C=O) groups is 2. The maximum atomic E-state index is 11.8. The predicted molar refractivity (Wildman–Crippen MR) is 77.0 cm³/mol. The largest absolute Gasteiger partial charge is 0.481 e. The Hall–Kier alpha value is -1.88. The minimum absolute atomic E-state index is 0.0846. The standard InChI is InChI=1S/C15H20N2O3/c1-10(16)14(18)11-4-6-13(7-5-11)17-8-2-3-12(9-17)15(19)20/h4-7,10,12H,2-3,8-9,16H2,1H3,(H,19,20). The van der Waals surface area contributed by atoms with E-state index < -0.39 is 12.0 Å². The van der Waals surface area contributed by atoms with Crippen molar-refractivity contribution in [2.45, 2.75) is 25.8 Å². The van der Waals surface area contributed by atoms with Crippen LogP contribution in [0.15, 0.2) is 24.3 Å². The minimum Gasteiger partial charge on any atom is -0.481 e. The Kier molecular flexibility index (Phi) is 4.39. The Bertz CT molecular complexity index is 496. The van der Waals surface area contributed by atoms with Gasteiger partial charge in [-0.3, -0.25) is 9.59 Å². The zero-order valence-corrected chi connectivity index (χ0v) is 11.6. The lowest BCUT2D eigenvalue weighted by Crippen LogP contribution is -2.38. The molecule has 0 spiro atoms. The summed E-state index contributed by atoms with van der Waals surface area (Å²) >= 11 is 0. The van der Waals surface area contributed by atoms with Crippen LogP contribution in [0.4, 0.5) is 5.69 Å². The van der Waals surface area contributed by atoms with Crippen LogP contribution in [0.25, 0.3) is 0 Å². The van der Waals surface area contributed by atoms with Gasteiger partial charge >= 0.3 is 5.97 Å². The number of aliphatic carboxylic acids is 1. The van der Waals surface area contributed by atoms with Gasteiger partial charge in [-0.15, -0.1) is 0 Å². The summed E-state index contributed by atoms with van der Waals surface area (Å²) in [5, 5.41) is 9.10. The molecule has 5 heteroatoms. The van der Waals surface area contributed by atoms with Crippen LogP contribution < -0.4 is 10.6 Å². The third-order valence-corrected chi connectivity index (χ3v) is 3.70. The van der Waals surface area contributed by atoms with Crippen molar-refractivity contribution in [3.63, 3.8) is 0 Å². The van der Waals surface area contributed by atoms with Crippen molar-refractivity contribution in [3.8, 4) is 0 Å². The molecule has 2 atom stereocenters. The molecule has 3 N–H and O–H groups in total. The van der Waals surface area contributed by atoms with Crippen LogP contribution in [0, 0.1) is 5.92 Å². The summed E-state index contributed by atoms with van der Waals surface area (Å²) < 4.78 is 0. The molecule has 108 valence electrons. The summed E-state index contributed by atoms with van der Waals surface area (Å²) in [6.07, 6.45) is 1.60. The highest BCUT2D eigenvalue weighted by molar-refractivity contribution is 5.99. The first-order valence-electron chi connectivity index (χ1n) is 6.86. The third kappa shape index (κ3) is 3.17. The molecule has 1 saturated heterocycles. The molecule has 0 saturated carbocycles. The number of anilines is 1. The van der Waals surface area contributed by atoms with Crippen LogP contribution in [-0.2, 0) is 4.79 Å². The van der Waals surface area contributed by atoms with Crippen molar-refractivity contribution in [1.29, 1.82) is 0 Å². The van der Waals surface area contributed by atoms with Crippen LogP contribution in [0.3, 0.4) is 0 Å². The van der Waals surface area contributed by atoms with Crippen LogP contribution in [0.1, 0.15) is 30.1 Å². The number of Topliss-reactive ketones (excluding diaryl/α,β-unsaturated/α-hetero) is 1. The molecule has 0 bridgehead atoms. The van der Waals surface area contributed by atoms with Gasteiger partial charge in [-0.1, -0.05) is 0 Å². The zero-order valence-electron chi connectivity index (χ0n) is 11.6. The van der Waals surface area contributed by atoms with Gasteiger partial charge in [-0.25, -0.2) is 0 Å². The van der Waals surface area contributed by atoms with E-state index in [2.05, 4.69) is 4.90 Å². The van der Waals surface area contributed by atoms with Crippen LogP contribution in [-0.4, -0.2) is 36.0 Å². The highest BCUT2D eigenvalue weighted by Gasteiger charge is 2.25. The van der Waals surface area contributed by atoms with E-state index in [4.69, 9.17) is 10.8 Å². The zero-order chi connectivity index (χ0) is 14.7. The van der Waals surface area contributed by atoms with Crippen molar-refractivity contribution in [1.82, 2.24) is 0 Å². The van der Waals surface area contributed by atoms with Gasteiger partial charge in [0, 0.05) is 24.3 Å². The second-order valence-corrected chi connectivity index (χ2v) is 5.32. The number of carboxylic acid groups (broad SMARTS) is 1. The molecular weight excluding hydrogens is 256 g/mol. The molecule has 2 rings (SSSR count). The van der Waals surface area contributed by atoms with Crippen LogP contribution in [0.5, 0.6) is 0 Å². The van der Waals surface area contributed by atoms with Crippen LogP contribution >= 0.6 is 0 Å². The van der Waals surface area contributed by atoms with Crippen LogP contribution in [0.2, 0.25) is 0 Å². The second kappa shape index (κ2) is 6.05.